The Morgan fingerprint density at radius 2 is 0.618 bits per heavy atom. The molecular formula is C45H63F21O10. The molecular weight excluding hydrogens is 1100 g/mol. The van der Waals surface area contributed by atoms with E-state index in [0.29, 0.717) is 6.92 Å². The van der Waals surface area contributed by atoms with Crippen LogP contribution in [0.2, 0.25) is 0 Å². The monoisotopic (exact) mass is 1160 g/mol. The van der Waals surface area contributed by atoms with Crippen LogP contribution in [-0.2, 0) is 28.5 Å². The molecule has 0 radical (unpaired) electrons. The Bertz CT molecular complexity index is 1860. The van der Waals surface area contributed by atoms with E-state index in [4.69, 9.17) is 23.7 Å². The Hall–Kier alpha value is -2.58. The van der Waals surface area contributed by atoms with Crippen LogP contribution in [0.1, 0.15) is 108 Å². The normalized spacial score (nSPS) is 24.5. The Morgan fingerprint density at radius 1 is 0.408 bits per heavy atom. The fourth-order valence-corrected chi connectivity index (χ4v) is 9.06. The maximum absolute atomic E-state index is 13.9. The van der Waals surface area contributed by atoms with Crippen molar-refractivity contribution in [1.82, 2.24) is 0 Å². The molecule has 2 saturated carbocycles. The number of carbonyl (C=O) groups excluding carboxylic acids is 1. The zero-order chi connectivity index (χ0) is 60.3. The molecule has 2 fully saturated rings. The fourth-order valence-electron chi connectivity index (χ4n) is 9.06. The summed E-state index contributed by atoms with van der Waals surface area (Å²) in [5.41, 5.74) is -29.6. The maximum atomic E-state index is 13.9. The second-order valence-electron chi connectivity index (χ2n) is 22.3. The van der Waals surface area contributed by atoms with Gasteiger partial charge >= 0.3 is 49.2 Å². The van der Waals surface area contributed by atoms with E-state index in [2.05, 4.69) is 6.58 Å². The molecule has 0 bridgehead atoms. The molecule has 0 aromatic carbocycles. The van der Waals surface area contributed by atoms with Crippen molar-refractivity contribution < 1.29 is 141 Å². The Kier molecular flexibility index (Phi) is 20.2. The number of carbonyl (C=O) groups is 1. The highest BCUT2D eigenvalue weighted by Gasteiger charge is 2.73. The second kappa shape index (κ2) is 22.1. The summed E-state index contributed by atoms with van der Waals surface area (Å²) in [5.74, 6) is -10.0. The average Bonchev–Trinajstić information content (AvgIpc) is 3.21. The molecule has 450 valence electrons. The van der Waals surface area contributed by atoms with Crippen LogP contribution in [0.5, 0.6) is 0 Å². The SMILES string of the molecule is C=C(C)C(=O)OC(C1CC(C(C)(C)OCC(C)(O)C(F)(F)F)CC(C(C)(C)OCC(O)(C(F)(F)F)C(F)(F)F)C1)C1CC(C(C)(C)OCC(O)(C(F)(F)F)C(F)(F)F)CC(C(C)(C)OCC(O)(C(F)(F)F)C(F)(F)F)C1. The van der Waals surface area contributed by atoms with Crippen LogP contribution in [0.15, 0.2) is 12.2 Å². The Labute approximate surface area is 422 Å². The van der Waals surface area contributed by atoms with Crippen LogP contribution in [0, 0.1) is 35.5 Å². The Morgan fingerprint density at radius 3 is 0.803 bits per heavy atom. The van der Waals surface area contributed by atoms with E-state index in [9.17, 15) is 117 Å². The van der Waals surface area contributed by atoms with Gasteiger partial charge in [0.25, 0.3) is 16.8 Å². The lowest BCUT2D eigenvalue weighted by molar-refractivity contribution is -0.384. The predicted octanol–water partition coefficient (Wildman–Crippen LogP) is 11.6. The van der Waals surface area contributed by atoms with Crippen molar-refractivity contribution in [1.29, 1.82) is 0 Å². The summed E-state index contributed by atoms with van der Waals surface area (Å²) < 4.78 is 318. The van der Waals surface area contributed by atoms with Crippen LogP contribution >= 0.6 is 0 Å². The van der Waals surface area contributed by atoms with Crippen molar-refractivity contribution in [2.75, 3.05) is 26.4 Å². The molecule has 0 aliphatic heterocycles. The number of halogens is 21. The maximum Gasteiger partial charge on any atom is 0.428 e. The minimum absolute atomic E-state index is 0.313. The molecule has 31 heteroatoms. The lowest BCUT2D eigenvalue weighted by Crippen LogP contribution is -2.62. The molecule has 2 aliphatic carbocycles. The van der Waals surface area contributed by atoms with Gasteiger partial charge in [0, 0.05) is 5.57 Å². The van der Waals surface area contributed by atoms with Crippen LogP contribution in [0.25, 0.3) is 0 Å². The molecule has 0 saturated heterocycles. The quantitative estimate of drug-likeness (QED) is 0.0528. The third-order valence-corrected chi connectivity index (χ3v) is 15.0. The number of esters is 1. The first-order chi connectivity index (χ1) is 33.2. The molecule has 2 aliphatic rings. The minimum atomic E-state index is -6.46. The largest absolute Gasteiger partial charge is 0.458 e. The standard InChI is InChI=1S/C45H63F21O10/c1-22(2)30(67)76-29(23-12-25(31(3,4)72-18-35(11,68)39(46,47)48)16-26(13-23)32(5,6)73-19-36(69,40(49,50)51)41(52,53)54)24-14-27(33(7,8)74-20-37(70,42(55,56)57)43(58,59)60)17-28(15-24)34(9,10)75-21-38(71,44(61,62)63)45(64,65)66/h23-29,68-71H,1,12-21H2,2-11H3. The minimum Gasteiger partial charge on any atom is -0.458 e. The molecule has 76 heavy (non-hydrogen) atoms. The molecule has 7 atom stereocenters. The van der Waals surface area contributed by atoms with E-state index >= 15 is 0 Å². The third-order valence-electron chi connectivity index (χ3n) is 15.0. The second-order valence-corrected chi connectivity index (χ2v) is 22.3. The van der Waals surface area contributed by atoms with Gasteiger partial charge in [0.05, 0.1) is 48.8 Å². The van der Waals surface area contributed by atoms with Crippen molar-refractivity contribution >= 4 is 5.97 Å². The van der Waals surface area contributed by atoms with Gasteiger partial charge in [-0.1, -0.05) is 6.58 Å². The first kappa shape index (κ1) is 69.5. The van der Waals surface area contributed by atoms with Gasteiger partial charge in [-0.25, -0.2) is 4.79 Å². The van der Waals surface area contributed by atoms with E-state index < -0.39 is 206 Å². The zero-order valence-electron chi connectivity index (χ0n) is 42.5. The molecule has 0 amide bonds. The molecule has 0 spiro atoms. The first-order valence-electron chi connectivity index (χ1n) is 23.0. The van der Waals surface area contributed by atoms with Gasteiger partial charge in [0.15, 0.2) is 5.60 Å². The summed E-state index contributed by atoms with van der Waals surface area (Å²) in [4.78, 5) is 13.6. The highest BCUT2D eigenvalue weighted by atomic mass is 19.4. The molecule has 0 aromatic heterocycles. The van der Waals surface area contributed by atoms with Gasteiger partial charge in [0.1, 0.15) is 6.10 Å². The summed E-state index contributed by atoms with van der Waals surface area (Å²) in [5, 5.41) is 40.1. The molecule has 2 rings (SSSR count). The summed E-state index contributed by atoms with van der Waals surface area (Å²) in [6.07, 6.45) is -49.2. The molecule has 4 N–H and O–H groups in total. The highest BCUT2D eigenvalue weighted by Crippen LogP contribution is 2.55. The number of aliphatic hydroxyl groups is 4. The van der Waals surface area contributed by atoms with Crippen molar-refractivity contribution in [3.63, 3.8) is 0 Å². The molecule has 7 unspecified atom stereocenters. The third kappa shape index (κ3) is 15.2. The predicted molar refractivity (Wildman–Crippen MR) is 221 cm³/mol. The molecule has 0 aromatic rings. The van der Waals surface area contributed by atoms with Gasteiger partial charge in [-0.3, -0.25) is 0 Å². The van der Waals surface area contributed by atoms with E-state index in [1.54, 1.807) is 0 Å². The number of hydrogen-bond acceptors (Lipinski definition) is 10. The number of alkyl halides is 21. The van der Waals surface area contributed by atoms with E-state index in [0.717, 1.165) is 62.3 Å². The van der Waals surface area contributed by atoms with Crippen molar-refractivity contribution in [2.45, 2.75) is 202 Å². The highest BCUT2D eigenvalue weighted by molar-refractivity contribution is 5.87. The van der Waals surface area contributed by atoms with Crippen LogP contribution in [0.4, 0.5) is 92.2 Å². The van der Waals surface area contributed by atoms with Crippen LogP contribution in [-0.4, -0.2) is 147 Å². The van der Waals surface area contributed by atoms with Crippen LogP contribution in [0.3, 0.4) is 0 Å². The number of hydrogen-bond donors (Lipinski definition) is 4. The molecule has 10 nitrogen and oxygen atoms in total. The van der Waals surface area contributed by atoms with Gasteiger partial charge in [-0.2, -0.15) is 92.2 Å². The summed E-state index contributed by atoms with van der Waals surface area (Å²) >= 11 is 0. The van der Waals surface area contributed by atoms with E-state index in [1.165, 1.54) is 0 Å². The topological polar surface area (TPSA) is 144 Å². The van der Waals surface area contributed by atoms with E-state index in [1.807, 2.05) is 0 Å². The van der Waals surface area contributed by atoms with Crippen molar-refractivity contribution in [2.24, 2.45) is 35.5 Å². The summed E-state index contributed by atoms with van der Waals surface area (Å²) in [6.45, 7) is 3.35. The lowest BCUT2D eigenvalue weighted by Gasteiger charge is -2.53. The zero-order valence-corrected chi connectivity index (χ0v) is 42.5. The molecule has 0 heterocycles. The smallest absolute Gasteiger partial charge is 0.428 e. The van der Waals surface area contributed by atoms with Gasteiger partial charge < -0.3 is 44.1 Å². The Balaban J connectivity index is 3.02. The van der Waals surface area contributed by atoms with Gasteiger partial charge in [0.2, 0.25) is 0 Å². The van der Waals surface area contributed by atoms with Crippen molar-refractivity contribution in [3.8, 4) is 0 Å². The first-order valence-corrected chi connectivity index (χ1v) is 23.0. The summed E-state index contributed by atoms with van der Waals surface area (Å²) in [6, 6.07) is 0. The van der Waals surface area contributed by atoms with Crippen LogP contribution < -0.4 is 0 Å². The van der Waals surface area contributed by atoms with Crippen molar-refractivity contribution in [3.05, 3.63) is 12.2 Å². The lowest BCUT2D eigenvalue weighted by atomic mass is 9.59. The fraction of sp³-hybridized carbons (Fsp3) is 0.933. The summed E-state index contributed by atoms with van der Waals surface area (Å²) in [7, 11) is 0. The number of ether oxygens (including phenoxy) is 5. The van der Waals surface area contributed by atoms with Gasteiger partial charge in [-0.05, 0) is 143 Å². The average molecular weight is 1160 g/mol. The van der Waals surface area contributed by atoms with E-state index in [-0.39, 0.29) is 0 Å². The van der Waals surface area contributed by atoms with Gasteiger partial charge in [-0.15, -0.1) is 0 Å². The number of rotatable bonds is 20.